The van der Waals surface area contributed by atoms with Crippen molar-refractivity contribution in [3.63, 3.8) is 0 Å². The number of piperidine rings is 1. The third kappa shape index (κ3) is 7.01. The Morgan fingerprint density at radius 1 is 1.26 bits per heavy atom. The molecule has 2 fully saturated rings. The van der Waals surface area contributed by atoms with Gasteiger partial charge in [-0.25, -0.2) is 9.78 Å². The number of rotatable bonds is 6. The van der Waals surface area contributed by atoms with Crippen LogP contribution in [0.5, 0.6) is 5.88 Å². The SMILES string of the molecule is CN=C(NCc1ccc(OC)nc1)N1CCC(N(CC2CC2)C(=O)OC(C)(C)C)CC1. The molecule has 1 aliphatic heterocycles. The van der Waals surface area contributed by atoms with Crippen LogP contribution in [0.2, 0.25) is 0 Å². The van der Waals surface area contributed by atoms with Crippen LogP contribution in [0.4, 0.5) is 4.79 Å². The molecule has 8 nitrogen and oxygen atoms in total. The van der Waals surface area contributed by atoms with Crippen LogP contribution >= 0.6 is 0 Å². The molecule has 0 spiro atoms. The number of carbonyl (C=O) groups is 1. The van der Waals surface area contributed by atoms with E-state index in [1.807, 2.05) is 44.0 Å². The van der Waals surface area contributed by atoms with Crippen LogP contribution in [0.1, 0.15) is 52.0 Å². The Morgan fingerprint density at radius 2 is 1.97 bits per heavy atom. The zero-order chi connectivity index (χ0) is 22.4. The molecule has 2 aliphatic rings. The predicted molar refractivity (Wildman–Crippen MR) is 121 cm³/mol. The van der Waals surface area contributed by atoms with Gasteiger partial charge in [0.1, 0.15) is 5.60 Å². The molecule has 1 aromatic rings. The van der Waals surface area contributed by atoms with Gasteiger partial charge in [-0.2, -0.15) is 0 Å². The molecule has 8 heteroatoms. The van der Waals surface area contributed by atoms with E-state index in [1.54, 1.807) is 14.2 Å². The van der Waals surface area contributed by atoms with E-state index >= 15 is 0 Å². The van der Waals surface area contributed by atoms with Gasteiger partial charge in [-0.05, 0) is 57.9 Å². The van der Waals surface area contributed by atoms with Gasteiger partial charge < -0.3 is 24.6 Å². The van der Waals surface area contributed by atoms with Crippen molar-refractivity contribution in [2.24, 2.45) is 10.9 Å². The highest BCUT2D eigenvalue weighted by atomic mass is 16.6. The van der Waals surface area contributed by atoms with Crippen molar-refractivity contribution < 1.29 is 14.3 Å². The van der Waals surface area contributed by atoms with E-state index in [0.29, 0.717) is 18.3 Å². The standard InChI is InChI=1S/C23H37N5O3/c1-23(2,3)31-22(29)28(16-17-6-7-17)19-10-12-27(13-11-19)21(24-4)26-15-18-8-9-20(30-5)25-14-18/h8-9,14,17,19H,6-7,10-13,15-16H2,1-5H3,(H,24,26). The van der Waals surface area contributed by atoms with Gasteiger partial charge in [0, 0.05) is 51.5 Å². The van der Waals surface area contributed by atoms with Crippen molar-refractivity contribution in [1.29, 1.82) is 0 Å². The first kappa shape index (κ1) is 23.2. The molecule has 1 N–H and O–H groups in total. The van der Waals surface area contributed by atoms with E-state index in [0.717, 1.165) is 44.0 Å². The average molecular weight is 432 g/mol. The van der Waals surface area contributed by atoms with Gasteiger partial charge in [-0.1, -0.05) is 6.07 Å². The third-order valence-corrected chi connectivity index (χ3v) is 5.65. The van der Waals surface area contributed by atoms with E-state index in [4.69, 9.17) is 9.47 Å². The maximum atomic E-state index is 12.8. The summed E-state index contributed by atoms with van der Waals surface area (Å²) in [5.41, 5.74) is 0.597. The minimum atomic E-state index is -0.470. The summed E-state index contributed by atoms with van der Waals surface area (Å²) in [4.78, 5) is 25.8. The Balaban J connectivity index is 1.53. The van der Waals surface area contributed by atoms with Gasteiger partial charge in [-0.3, -0.25) is 4.99 Å². The molecule has 172 valence electrons. The molecule has 1 aromatic heterocycles. The number of methoxy groups -OCH3 is 1. The second kappa shape index (κ2) is 10.2. The van der Waals surface area contributed by atoms with Crippen LogP contribution in [0.25, 0.3) is 0 Å². The summed E-state index contributed by atoms with van der Waals surface area (Å²) in [5, 5.41) is 3.42. The normalized spacial score (nSPS) is 18.0. The molecule has 0 atom stereocenters. The zero-order valence-corrected chi connectivity index (χ0v) is 19.6. The van der Waals surface area contributed by atoms with Gasteiger partial charge in [0.05, 0.1) is 7.11 Å². The highest BCUT2D eigenvalue weighted by molar-refractivity contribution is 5.80. The van der Waals surface area contributed by atoms with E-state index < -0.39 is 5.60 Å². The number of nitrogens with zero attached hydrogens (tertiary/aromatic N) is 4. The number of ether oxygens (including phenoxy) is 2. The molecule has 1 amide bonds. The fourth-order valence-electron chi connectivity index (χ4n) is 3.81. The zero-order valence-electron chi connectivity index (χ0n) is 19.6. The number of pyridine rings is 1. The Labute approximate surface area is 186 Å². The van der Waals surface area contributed by atoms with Gasteiger partial charge in [0.15, 0.2) is 5.96 Å². The first-order chi connectivity index (χ1) is 14.8. The summed E-state index contributed by atoms with van der Waals surface area (Å²) in [6.45, 7) is 8.96. The summed E-state index contributed by atoms with van der Waals surface area (Å²) in [7, 11) is 3.42. The fourth-order valence-corrected chi connectivity index (χ4v) is 3.81. The summed E-state index contributed by atoms with van der Waals surface area (Å²) in [6, 6.07) is 4.07. The molecule has 3 rings (SSSR count). The quantitative estimate of drug-likeness (QED) is 0.550. The van der Waals surface area contributed by atoms with Gasteiger partial charge in [0.25, 0.3) is 0 Å². The van der Waals surface area contributed by atoms with Crippen LogP contribution in [-0.4, -0.2) is 72.3 Å². The van der Waals surface area contributed by atoms with E-state index in [2.05, 4.69) is 20.2 Å². The summed E-state index contributed by atoms with van der Waals surface area (Å²) in [5.74, 6) is 2.12. The average Bonchev–Trinajstić information content (AvgIpc) is 3.56. The lowest BCUT2D eigenvalue weighted by Gasteiger charge is -2.40. The molecular weight excluding hydrogens is 394 g/mol. The summed E-state index contributed by atoms with van der Waals surface area (Å²) >= 11 is 0. The molecule has 0 aromatic carbocycles. The number of aromatic nitrogens is 1. The Hall–Kier alpha value is -2.51. The molecule has 2 heterocycles. The molecule has 0 unspecified atom stereocenters. The Bertz CT molecular complexity index is 747. The van der Waals surface area contributed by atoms with Gasteiger partial charge >= 0.3 is 6.09 Å². The number of amides is 1. The topological polar surface area (TPSA) is 79.3 Å². The van der Waals surface area contributed by atoms with Crippen LogP contribution in [-0.2, 0) is 11.3 Å². The smallest absolute Gasteiger partial charge is 0.410 e. The largest absolute Gasteiger partial charge is 0.481 e. The summed E-state index contributed by atoms with van der Waals surface area (Å²) in [6.07, 6.45) is 5.90. The minimum Gasteiger partial charge on any atom is -0.481 e. The molecule has 1 saturated heterocycles. The lowest BCUT2D eigenvalue weighted by atomic mass is 10.0. The highest BCUT2D eigenvalue weighted by Crippen LogP contribution is 2.32. The summed E-state index contributed by atoms with van der Waals surface area (Å²) < 4.78 is 10.8. The van der Waals surface area contributed by atoms with Crippen molar-refractivity contribution in [2.75, 3.05) is 33.8 Å². The number of likely N-dealkylation sites (tertiary alicyclic amines) is 1. The van der Waals surface area contributed by atoms with E-state index in [-0.39, 0.29) is 12.1 Å². The fraction of sp³-hybridized carbons (Fsp3) is 0.696. The molecule has 0 radical (unpaired) electrons. The predicted octanol–water partition coefficient (Wildman–Crippen LogP) is 3.28. The first-order valence-corrected chi connectivity index (χ1v) is 11.2. The Morgan fingerprint density at radius 3 is 2.48 bits per heavy atom. The second-order valence-corrected chi connectivity index (χ2v) is 9.40. The molecule has 0 bridgehead atoms. The minimum absolute atomic E-state index is 0.174. The number of carbonyl (C=O) groups excluding carboxylic acids is 1. The van der Waals surface area contributed by atoms with Crippen LogP contribution in [0, 0.1) is 5.92 Å². The number of hydrogen-bond acceptors (Lipinski definition) is 5. The van der Waals surface area contributed by atoms with Crippen molar-refractivity contribution in [1.82, 2.24) is 20.1 Å². The van der Waals surface area contributed by atoms with E-state index in [9.17, 15) is 4.79 Å². The third-order valence-electron chi connectivity index (χ3n) is 5.65. The maximum absolute atomic E-state index is 12.8. The van der Waals surface area contributed by atoms with Crippen molar-refractivity contribution in [3.05, 3.63) is 23.9 Å². The lowest BCUT2D eigenvalue weighted by Crippen LogP contribution is -2.52. The first-order valence-electron chi connectivity index (χ1n) is 11.2. The number of nitrogens with one attached hydrogen (secondary N) is 1. The van der Waals surface area contributed by atoms with Gasteiger partial charge in [-0.15, -0.1) is 0 Å². The van der Waals surface area contributed by atoms with Crippen LogP contribution in [0.3, 0.4) is 0 Å². The van der Waals surface area contributed by atoms with Crippen molar-refractivity contribution in [3.8, 4) is 5.88 Å². The number of hydrogen-bond donors (Lipinski definition) is 1. The molecule has 1 aliphatic carbocycles. The lowest BCUT2D eigenvalue weighted by molar-refractivity contribution is 0.00928. The molecular formula is C23H37N5O3. The second-order valence-electron chi connectivity index (χ2n) is 9.40. The maximum Gasteiger partial charge on any atom is 0.410 e. The molecule has 31 heavy (non-hydrogen) atoms. The van der Waals surface area contributed by atoms with Crippen molar-refractivity contribution >= 4 is 12.1 Å². The Kier molecular flexibility index (Phi) is 7.62. The molecule has 1 saturated carbocycles. The van der Waals surface area contributed by atoms with E-state index in [1.165, 1.54) is 12.8 Å². The van der Waals surface area contributed by atoms with Crippen LogP contribution in [0.15, 0.2) is 23.3 Å². The van der Waals surface area contributed by atoms with Crippen LogP contribution < -0.4 is 10.1 Å². The number of aliphatic imine (C=N–C) groups is 1. The van der Waals surface area contributed by atoms with Gasteiger partial charge in [0.2, 0.25) is 5.88 Å². The number of guanidine groups is 1. The monoisotopic (exact) mass is 431 g/mol. The van der Waals surface area contributed by atoms with Crippen molar-refractivity contribution in [2.45, 2.75) is 64.6 Å². The highest BCUT2D eigenvalue weighted by Gasteiger charge is 2.35.